The molecular formula is C21H28N2O6. The Morgan fingerprint density at radius 1 is 1.24 bits per heavy atom. The fourth-order valence-corrected chi connectivity index (χ4v) is 3.65. The Balaban J connectivity index is 1.62. The summed E-state index contributed by atoms with van der Waals surface area (Å²) >= 11 is 0. The lowest BCUT2D eigenvalue weighted by molar-refractivity contribution is -0.172. The normalized spacial score (nSPS) is 24.9. The van der Waals surface area contributed by atoms with Gasteiger partial charge in [0, 0.05) is 0 Å². The summed E-state index contributed by atoms with van der Waals surface area (Å²) in [6, 6.07) is 8.69. The molecule has 3 rings (SSSR count). The van der Waals surface area contributed by atoms with E-state index in [9.17, 15) is 14.4 Å². The predicted molar refractivity (Wildman–Crippen MR) is 104 cm³/mol. The van der Waals surface area contributed by atoms with Gasteiger partial charge in [0.1, 0.15) is 5.60 Å². The molecule has 2 unspecified atom stereocenters. The van der Waals surface area contributed by atoms with E-state index in [0.29, 0.717) is 19.6 Å². The van der Waals surface area contributed by atoms with E-state index >= 15 is 0 Å². The first kappa shape index (κ1) is 21.3. The van der Waals surface area contributed by atoms with Gasteiger partial charge in [-0.15, -0.1) is 0 Å². The van der Waals surface area contributed by atoms with E-state index in [-0.39, 0.29) is 18.4 Å². The van der Waals surface area contributed by atoms with E-state index in [1.165, 1.54) is 0 Å². The zero-order valence-electron chi connectivity index (χ0n) is 17.1. The summed E-state index contributed by atoms with van der Waals surface area (Å²) in [7, 11) is 0. The monoisotopic (exact) mass is 404 g/mol. The average molecular weight is 404 g/mol. The fraction of sp³-hybridized carbons (Fsp3) is 0.571. The molecule has 29 heavy (non-hydrogen) atoms. The summed E-state index contributed by atoms with van der Waals surface area (Å²) in [4.78, 5) is 38.5. The molecule has 2 fully saturated rings. The van der Waals surface area contributed by atoms with Gasteiger partial charge in [0.15, 0.2) is 0 Å². The number of carbonyl (C=O) groups is 3. The number of amides is 2. The van der Waals surface area contributed by atoms with E-state index in [0.717, 1.165) is 12.0 Å². The van der Waals surface area contributed by atoms with Gasteiger partial charge in [0.25, 0.3) is 0 Å². The van der Waals surface area contributed by atoms with Crippen molar-refractivity contribution in [3.05, 3.63) is 35.9 Å². The van der Waals surface area contributed by atoms with Crippen LogP contribution in [0.4, 0.5) is 4.79 Å². The summed E-state index contributed by atoms with van der Waals surface area (Å²) in [5.41, 5.74) is 0.275. The molecule has 0 aromatic heterocycles. The highest BCUT2D eigenvalue weighted by Crippen LogP contribution is 2.30. The molecule has 2 saturated heterocycles. The lowest BCUT2D eigenvalue weighted by Gasteiger charge is -2.31. The molecule has 2 aliphatic heterocycles. The molecule has 0 bridgehead atoms. The van der Waals surface area contributed by atoms with Gasteiger partial charge in [-0.1, -0.05) is 30.3 Å². The third-order valence-electron chi connectivity index (χ3n) is 4.84. The van der Waals surface area contributed by atoms with Gasteiger partial charge >= 0.3 is 12.1 Å². The molecule has 2 aliphatic rings. The van der Waals surface area contributed by atoms with Gasteiger partial charge in [-0.2, -0.15) is 0 Å². The van der Waals surface area contributed by atoms with E-state index < -0.39 is 29.9 Å². The van der Waals surface area contributed by atoms with Gasteiger partial charge < -0.3 is 14.2 Å². The Morgan fingerprint density at radius 3 is 2.66 bits per heavy atom. The van der Waals surface area contributed by atoms with Crippen LogP contribution in [0.15, 0.2) is 30.3 Å². The van der Waals surface area contributed by atoms with Crippen LogP contribution in [0.5, 0.6) is 0 Å². The second-order valence-electron chi connectivity index (χ2n) is 8.31. The Morgan fingerprint density at radius 2 is 1.97 bits per heavy atom. The first-order valence-corrected chi connectivity index (χ1v) is 9.87. The maximum absolute atomic E-state index is 12.7. The van der Waals surface area contributed by atoms with E-state index in [1.807, 2.05) is 35.2 Å². The molecule has 1 aromatic carbocycles. The second kappa shape index (κ2) is 8.92. The van der Waals surface area contributed by atoms with Crippen LogP contribution in [-0.4, -0.2) is 53.4 Å². The smallest absolute Gasteiger partial charge is 0.414 e. The molecular weight excluding hydrogens is 376 g/mol. The SMILES string of the molecule is CC(C)(C)OC(=O)NC(=O)[C@@H]1CCCN1C1CC(=O)OC1OCc1ccccc1. The van der Waals surface area contributed by atoms with Gasteiger partial charge in [0.05, 0.1) is 25.1 Å². The van der Waals surface area contributed by atoms with Crippen LogP contribution in [0.2, 0.25) is 0 Å². The molecule has 2 heterocycles. The van der Waals surface area contributed by atoms with E-state index in [2.05, 4.69) is 5.32 Å². The van der Waals surface area contributed by atoms with Gasteiger partial charge in [-0.05, 0) is 45.7 Å². The molecule has 1 aromatic rings. The van der Waals surface area contributed by atoms with Gasteiger partial charge in [0.2, 0.25) is 12.2 Å². The highest BCUT2D eigenvalue weighted by molar-refractivity contribution is 5.95. The molecule has 0 aliphatic carbocycles. The summed E-state index contributed by atoms with van der Waals surface area (Å²) in [6.45, 7) is 6.12. The molecule has 1 N–H and O–H groups in total. The Kier molecular flexibility index (Phi) is 6.54. The first-order valence-electron chi connectivity index (χ1n) is 9.87. The lowest BCUT2D eigenvalue weighted by Crippen LogP contribution is -2.52. The summed E-state index contributed by atoms with van der Waals surface area (Å²) in [6.07, 6.45) is -0.00859. The minimum atomic E-state index is -0.773. The quantitative estimate of drug-likeness (QED) is 0.753. The standard InChI is InChI=1S/C21H28N2O6/c1-21(2,3)29-20(26)22-18(25)15-10-7-11-23(15)16-12-17(24)28-19(16)27-13-14-8-5-4-6-9-14/h4-6,8-9,15-16,19H,7,10-13H2,1-3H3,(H,22,25,26)/t15-,16?,19?/m0/s1. The number of carbonyl (C=O) groups excluding carboxylic acids is 3. The van der Waals surface area contributed by atoms with Gasteiger partial charge in [-0.3, -0.25) is 19.8 Å². The number of nitrogens with zero attached hydrogens (tertiary/aromatic N) is 1. The van der Waals surface area contributed by atoms with Gasteiger partial charge in [-0.25, -0.2) is 4.79 Å². The van der Waals surface area contributed by atoms with Crippen LogP contribution in [0.3, 0.4) is 0 Å². The maximum atomic E-state index is 12.7. The molecule has 0 radical (unpaired) electrons. The number of ether oxygens (including phenoxy) is 3. The van der Waals surface area contributed by atoms with E-state index in [4.69, 9.17) is 14.2 Å². The molecule has 0 spiro atoms. The highest BCUT2D eigenvalue weighted by Gasteiger charge is 2.46. The van der Waals surface area contributed by atoms with Crippen LogP contribution >= 0.6 is 0 Å². The number of rotatable bonds is 5. The molecule has 2 amide bonds. The molecule has 0 saturated carbocycles. The van der Waals surface area contributed by atoms with Crippen molar-refractivity contribution in [2.45, 2.75) is 70.6 Å². The van der Waals surface area contributed by atoms with Crippen molar-refractivity contribution in [1.82, 2.24) is 10.2 Å². The van der Waals surface area contributed by atoms with Crippen molar-refractivity contribution in [1.29, 1.82) is 0 Å². The minimum absolute atomic E-state index is 0.148. The summed E-state index contributed by atoms with van der Waals surface area (Å²) in [5.74, 6) is -0.788. The number of esters is 1. The fourth-order valence-electron chi connectivity index (χ4n) is 3.65. The number of hydrogen-bond acceptors (Lipinski definition) is 7. The minimum Gasteiger partial charge on any atom is -0.444 e. The van der Waals surface area contributed by atoms with Crippen LogP contribution < -0.4 is 5.32 Å². The molecule has 3 atom stereocenters. The number of alkyl carbamates (subject to hydrolysis) is 1. The highest BCUT2D eigenvalue weighted by atomic mass is 16.7. The summed E-state index contributed by atoms with van der Waals surface area (Å²) < 4.78 is 16.4. The Bertz CT molecular complexity index is 745. The van der Waals surface area contributed by atoms with Crippen molar-refractivity contribution >= 4 is 18.0 Å². The molecule has 8 nitrogen and oxygen atoms in total. The number of benzene rings is 1. The van der Waals surface area contributed by atoms with Crippen LogP contribution in [0, 0.1) is 0 Å². The van der Waals surface area contributed by atoms with Crippen molar-refractivity contribution in [3.63, 3.8) is 0 Å². The van der Waals surface area contributed by atoms with E-state index in [1.54, 1.807) is 20.8 Å². The number of likely N-dealkylation sites (tertiary alicyclic amines) is 1. The third-order valence-corrected chi connectivity index (χ3v) is 4.84. The third kappa shape index (κ3) is 5.77. The van der Waals surface area contributed by atoms with Crippen molar-refractivity contribution in [2.24, 2.45) is 0 Å². The topological polar surface area (TPSA) is 94.2 Å². The first-order chi connectivity index (χ1) is 13.7. The second-order valence-corrected chi connectivity index (χ2v) is 8.31. The van der Waals surface area contributed by atoms with Crippen LogP contribution in [0.1, 0.15) is 45.6 Å². The number of imide groups is 1. The average Bonchev–Trinajstić information content (AvgIpc) is 3.25. The van der Waals surface area contributed by atoms with Crippen LogP contribution in [-0.2, 0) is 30.4 Å². The van der Waals surface area contributed by atoms with Crippen molar-refractivity contribution in [2.75, 3.05) is 6.54 Å². The zero-order chi connectivity index (χ0) is 21.0. The maximum Gasteiger partial charge on any atom is 0.414 e. The summed E-state index contributed by atoms with van der Waals surface area (Å²) in [5, 5.41) is 2.31. The predicted octanol–water partition coefficient (Wildman–Crippen LogP) is 2.36. The zero-order valence-corrected chi connectivity index (χ0v) is 17.1. The van der Waals surface area contributed by atoms with Crippen molar-refractivity contribution < 1.29 is 28.6 Å². The molecule has 8 heteroatoms. The van der Waals surface area contributed by atoms with Crippen LogP contribution in [0.25, 0.3) is 0 Å². The van der Waals surface area contributed by atoms with Crippen molar-refractivity contribution in [3.8, 4) is 0 Å². The number of hydrogen-bond donors (Lipinski definition) is 1. The number of cyclic esters (lactones) is 1. The molecule has 158 valence electrons. The largest absolute Gasteiger partial charge is 0.444 e. The Labute approximate surface area is 170 Å². The lowest BCUT2D eigenvalue weighted by atomic mass is 10.1. The Hall–Kier alpha value is -2.45. The number of nitrogens with one attached hydrogen (secondary N) is 1.